The number of aromatic nitrogens is 2. The van der Waals surface area contributed by atoms with Crippen LogP contribution < -0.4 is 5.73 Å². The largest absolute Gasteiger partial charge is 0.324 e. The van der Waals surface area contributed by atoms with E-state index >= 15 is 0 Å². The number of aryl methyl sites for hydroxylation is 1. The van der Waals surface area contributed by atoms with E-state index in [1.807, 2.05) is 0 Å². The van der Waals surface area contributed by atoms with Gasteiger partial charge in [0.1, 0.15) is 5.69 Å². The number of carbonyl (C=O) groups excluding carboxylic acids is 1. The number of ketones is 1. The van der Waals surface area contributed by atoms with Crippen LogP contribution in [0.25, 0.3) is 0 Å². The molecular formula is C7H10ClF2N3O. The average molecular weight is 226 g/mol. The van der Waals surface area contributed by atoms with Gasteiger partial charge in [-0.2, -0.15) is 5.10 Å². The first-order valence-corrected chi connectivity index (χ1v) is 3.61. The highest BCUT2D eigenvalue weighted by Gasteiger charge is 2.21. The summed E-state index contributed by atoms with van der Waals surface area (Å²) in [6, 6.07) is 0. The number of rotatable bonds is 3. The molecule has 7 heteroatoms. The number of alkyl halides is 2. The minimum atomic E-state index is -2.74. The molecule has 0 fully saturated rings. The van der Waals surface area contributed by atoms with Crippen molar-refractivity contribution in [2.75, 3.05) is 6.54 Å². The molecule has 0 unspecified atom stereocenters. The van der Waals surface area contributed by atoms with Gasteiger partial charge in [0.05, 0.1) is 12.1 Å². The highest BCUT2D eigenvalue weighted by molar-refractivity contribution is 5.98. The van der Waals surface area contributed by atoms with Gasteiger partial charge in [-0.25, -0.2) is 8.78 Å². The molecule has 4 nitrogen and oxygen atoms in total. The fourth-order valence-corrected chi connectivity index (χ4v) is 0.992. The topological polar surface area (TPSA) is 60.9 Å². The van der Waals surface area contributed by atoms with Crippen LogP contribution in [0.3, 0.4) is 0 Å². The monoisotopic (exact) mass is 225 g/mol. The van der Waals surface area contributed by atoms with Crippen LogP contribution in [-0.2, 0) is 7.05 Å². The first-order chi connectivity index (χ1) is 6.06. The predicted molar refractivity (Wildman–Crippen MR) is 48.8 cm³/mol. The van der Waals surface area contributed by atoms with Crippen molar-refractivity contribution >= 4 is 18.2 Å². The van der Waals surface area contributed by atoms with Gasteiger partial charge < -0.3 is 5.73 Å². The van der Waals surface area contributed by atoms with Crippen molar-refractivity contribution in [1.82, 2.24) is 9.78 Å². The summed E-state index contributed by atoms with van der Waals surface area (Å²) in [5.74, 6) is -0.525. The molecule has 0 bridgehead atoms. The maximum absolute atomic E-state index is 12.3. The van der Waals surface area contributed by atoms with Gasteiger partial charge in [-0.05, 0) is 0 Å². The van der Waals surface area contributed by atoms with Crippen LogP contribution in [0, 0.1) is 0 Å². The first-order valence-electron chi connectivity index (χ1n) is 3.61. The van der Waals surface area contributed by atoms with E-state index in [1.165, 1.54) is 17.9 Å². The molecule has 0 aliphatic heterocycles. The van der Waals surface area contributed by atoms with E-state index in [0.29, 0.717) is 0 Å². The molecule has 0 atom stereocenters. The van der Waals surface area contributed by atoms with Crippen molar-refractivity contribution in [3.8, 4) is 0 Å². The summed E-state index contributed by atoms with van der Waals surface area (Å²) in [6.45, 7) is -0.286. The van der Waals surface area contributed by atoms with E-state index in [-0.39, 0.29) is 24.5 Å². The number of carbonyl (C=O) groups is 1. The van der Waals surface area contributed by atoms with Crippen LogP contribution in [0.1, 0.15) is 22.5 Å². The Morgan fingerprint density at radius 1 is 1.71 bits per heavy atom. The summed E-state index contributed by atoms with van der Waals surface area (Å²) in [6.07, 6.45) is -1.50. The molecule has 0 saturated heterocycles. The number of nitrogens with zero attached hydrogens (tertiary/aromatic N) is 2. The molecule has 0 saturated carbocycles. The second kappa shape index (κ2) is 5.02. The maximum atomic E-state index is 12.3. The van der Waals surface area contributed by atoms with Gasteiger partial charge in [0.25, 0.3) is 6.43 Å². The molecule has 1 aromatic rings. The Kier molecular flexibility index (Phi) is 4.65. The Morgan fingerprint density at radius 2 is 2.29 bits per heavy atom. The van der Waals surface area contributed by atoms with Gasteiger partial charge >= 0.3 is 0 Å². The van der Waals surface area contributed by atoms with Gasteiger partial charge in [-0.1, -0.05) is 0 Å². The maximum Gasteiger partial charge on any atom is 0.282 e. The zero-order valence-electron chi connectivity index (χ0n) is 7.41. The Hall–Kier alpha value is -1.01. The quantitative estimate of drug-likeness (QED) is 0.779. The third kappa shape index (κ3) is 2.49. The Balaban J connectivity index is 0.00000169. The van der Waals surface area contributed by atoms with E-state index in [1.54, 1.807) is 0 Å². The smallest absolute Gasteiger partial charge is 0.282 e. The highest BCUT2D eigenvalue weighted by Crippen LogP contribution is 2.20. The van der Waals surface area contributed by atoms with Gasteiger partial charge in [0, 0.05) is 13.2 Å². The van der Waals surface area contributed by atoms with Crippen molar-refractivity contribution in [2.45, 2.75) is 6.43 Å². The molecule has 80 valence electrons. The lowest BCUT2D eigenvalue weighted by Crippen LogP contribution is -2.14. The van der Waals surface area contributed by atoms with Crippen LogP contribution in [0.5, 0.6) is 0 Å². The third-order valence-corrected chi connectivity index (χ3v) is 1.55. The Labute approximate surface area is 85.5 Å². The molecule has 0 amide bonds. The lowest BCUT2D eigenvalue weighted by molar-refractivity contribution is 0.0986. The molecule has 1 heterocycles. The molecule has 0 aliphatic carbocycles. The van der Waals surface area contributed by atoms with Crippen molar-refractivity contribution in [3.63, 3.8) is 0 Å². The van der Waals surface area contributed by atoms with Crippen LogP contribution in [0.4, 0.5) is 8.78 Å². The summed E-state index contributed by atoms with van der Waals surface area (Å²) < 4.78 is 25.7. The van der Waals surface area contributed by atoms with E-state index in [2.05, 4.69) is 5.10 Å². The van der Waals surface area contributed by atoms with Crippen molar-refractivity contribution in [3.05, 3.63) is 17.5 Å². The molecule has 1 rings (SSSR count). The number of Topliss-reactive ketones (excluding diaryl/α,β-unsaturated/α-hetero) is 1. The van der Waals surface area contributed by atoms with Gasteiger partial charge in [0.15, 0.2) is 5.78 Å². The average Bonchev–Trinajstić information content (AvgIpc) is 2.46. The summed E-state index contributed by atoms with van der Waals surface area (Å²) >= 11 is 0. The second-order valence-electron chi connectivity index (χ2n) is 2.53. The van der Waals surface area contributed by atoms with Crippen molar-refractivity contribution in [1.29, 1.82) is 0 Å². The lowest BCUT2D eigenvalue weighted by atomic mass is 10.1. The van der Waals surface area contributed by atoms with Crippen LogP contribution in [0.15, 0.2) is 6.20 Å². The minimum Gasteiger partial charge on any atom is -0.324 e. The number of halogens is 3. The third-order valence-electron chi connectivity index (χ3n) is 1.55. The zero-order chi connectivity index (χ0) is 10.0. The molecule has 0 spiro atoms. The summed E-state index contributed by atoms with van der Waals surface area (Å²) in [5, 5.41) is 3.47. The van der Waals surface area contributed by atoms with Crippen LogP contribution in [-0.4, -0.2) is 22.1 Å². The van der Waals surface area contributed by atoms with Crippen molar-refractivity contribution < 1.29 is 13.6 Å². The van der Waals surface area contributed by atoms with Crippen LogP contribution in [0.2, 0.25) is 0 Å². The van der Waals surface area contributed by atoms with E-state index in [9.17, 15) is 13.6 Å². The fraction of sp³-hybridized carbons (Fsp3) is 0.429. The lowest BCUT2D eigenvalue weighted by Gasteiger charge is -1.96. The summed E-state index contributed by atoms with van der Waals surface area (Å²) in [5.41, 5.74) is 4.45. The fourth-order valence-electron chi connectivity index (χ4n) is 0.992. The highest BCUT2D eigenvalue weighted by atomic mass is 35.5. The zero-order valence-corrected chi connectivity index (χ0v) is 8.22. The Morgan fingerprint density at radius 3 is 2.71 bits per heavy atom. The summed E-state index contributed by atoms with van der Waals surface area (Å²) in [7, 11) is 1.47. The number of hydrogen-bond acceptors (Lipinski definition) is 3. The molecule has 1 aromatic heterocycles. The second-order valence-corrected chi connectivity index (χ2v) is 2.53. The molecule has 0 aliphatic rings. The van der Waals surface area contributed by atoms with Crippen molar-refractivity contribution in [2.24, 2.45) is 12.8 Å². The molecule has 14 heavy (non-hydrogen) atoms. The van der Waals surface area contributed by atoms with Gasteiger partial charge in [0.2, 0.25) is 0 Å². The summed E-state index contributed by atoms with van der Waals surface area (Å²) in [4.78, 5) is 11.0. The normalized spacial score (nSPS) is 10.1. The molecular weight excluding hydrogens is 216 g/mol. The van der Waals surface area contributed by atoms with E-state index in [0.717, 1.165) is 0 Å². The molecule has 0 aromatic carbocycles. The molecule has 2 N–H and O–H groups in total. The Bertz CT molecular complexity index is 327. The standard InChI is InChI=1S/C7H9F2N3O.ClH/c1-12-3-4(5(13)2-10)6(11-12)7(8)9;/h3,7H,2,10H2,1H3;1H. The number of hydrogen-bond donors (Lipinski definition) is 1. The van der Waals surface area contributed by atoms with E-state index < -0.39 is 17.9 Å². The molecule has 0 radical (unpaired) electrons. The first kappa shape index (κ1) is 13.0. The number of nitrogens with two attached hydrogens (primary N) is 1. The van der Waals surface area contributed by atoms with Gasteiger partial charge in [-0.3, -0.25) is 9.48 Å². The minimum absolute atomic E-state index is 0. The SMILES string of the molecule is Cl.Cn1cc(C(=O)CN)c(C(F)F)n1. The van der Waals surface area contributed by atoms with Gasteiger partial charge in [-0.15, -0.1) is 12.4 Å². The van der Waals surface area contributed by atoms with E-state index in [4.69, 9.17) is 5.73 Å². The predicted octanol–water partition coefficient (Wildman–Crippen LogP) is 0.921. The van der Waals surface area contributed by atoms with Crippen LogP contribution >= 0.6 is 12.4 Å².